The molecule has 4 rings (SSSR count). The maximum atomic E-state index is 4.25. The first-order valence-electron chi connectivity index (χ1n) is 7.51. The summed E-state index contributed by atoms with van der Waals surface area (Å²) in [5.41, 5.74) is 4.32. The summed E-state index contributed by atoms with van der Waals surface area (Å²) in [5, 5.41) is 5.22. The molecule has 4 heteroatoms. The van der Waals surface area contributed by atoms with Crippen LogP contribution in [0.4, 0.5) is 0 Å². The summed E-state index contributed by atoms with van der Waals surface area (Å²) >= 11 is 2.04. The lowest BCUT2D eigenvalue weighted by molar-refractivity contribution is 0.607. The van der Waals surface area contributed by atoms with E-state index < -0.39 is 0 Å². The van der Waals surface area contributed by atoms with Gasteiger partial charge in [-0.05, 0) is 23.1 Å². The molecule has 2 unspecified atom stereocenters. The molecule has 0 aliphatic carbocycles. The van der Waals surface area contributed by atoms with E-state index in [2.05, 4.69) is 64.7 Å². The molecule has 0 spiro atoms. The first kappa shape index (κ1) is 13.6. The Hall–Kier alpha value is -2.07. The van der Waals surface area contributed by atoms with E-state index in [1.165, 1.54) is 16.7 Å². The second-order valence-electron chi connectivity index (χ2n) is 5.55. The summed E-state index contributed by atoms with van der Waals surface area (Å²) in [5.74, 6) is 0. The first-order valence-corrected chi connectivity index (χ1v) is 8.45. The molecule has 110 valence electrons. The van der Waals surface area contributed by atoms with Crippen LogP contribution in [0.3, 0.4) is 0 Å². The van der Waals surface area contributed by atoms with Gasteiger partial charge in [-0.25, -0.2) is 4.98 Å². The molecule has 0 bridgehead atoms. The Morgan fingerprint density at radius 3 is 2.36 bits per heavy atom. The summed E-state index contributed by atoms with van der Waals surface area (Å²) in [6.07, 6.45) is 4.48. The van der Waals surface area contributed by atoms with Crippen molar-refractivity contribution >= 4 is 11.8 Å². The van der Waals surface area contributed by atoms with Gasteiger partial charge in [0.1, 0.15) is 12.7 Å². The summed E-state index contributed by atoms with van der Waals surface area (Å²) in [6.45, 7) is 0.882. The SMILES string of the molecule is c1ccc(CC2SC(Cn3cncn3)c3ccccc32)cc1. The highest BCUT2D eigenvalue weighted by Gasteiger charge is 2.31. The van der Waals surface area contributed by atoms with Gasteiger partial charge in [-0.15, -0.1) is 11.8 Å². The van der Waals surface area contributed by atoms with E-state index in [9.17, 15) is 0 Å². The molecule has 22 heavy (non-hydrogen) atoms. The fourth-order valence-corrected chi connectivity index (χ4v) is 4.71. The quantitative estimate of drug-likeness (QED) is 0.728. The number of aromatic nitrogens is 3. The Labute approximate surface area is 134 Å². The van der Waals surface area contributed by atoms with Crippen LogP contribution < -0.4 is 0 Å². The minimum atomic E-state index is 0.451. The number of benzene rings is 2. The zero-order valence-electron chi connectivity index (χ0n) is 12.2. The molecule has 2 heterocycles. The number of nitrogens with zero attached hydrogens (tertiary/aromatic N) is 3. The van der Waals surface area contributed by atoms with Gasteiger partial charge in [0.05, 0.1) is 11.8 Å². The van der Waals surface area contributed by atoms with Crippen LogP contribution in [-0.4, -0.2) is 14.8 Å². The van der Waals surface area contributed by atoms with Crippen molar-refractivity contribution in [2.24, 2.45) is 0 Å². The van der Waals surface area contributed by atoms with Crippen LogP contribution in [0.25, 0.3) is 0 Å². The maximum absolute atomic E-state index is 4.25. The van der Waals surface area contributed by atoms with Crippen molar-refractivity contribution in [3.05, 3.63) is 83.9 Å². The van der Waals surface area contributed by atoms with Crippen LogP contribution in [-0.2, 0) is 13.0 Å². The minimum absolute atomic E-state index is 0.451. The highest BCUT2D eigenvalue weighted by Crippen LogP contribution is 2.52. The van der Waals surface area contributed by atoms with Crippen molar-refractivity contribution < 1.29 is 0 Å². The summed E-state index contributed by atoms with van der Waals surface area (Å²) < 4.78 is 1.93. The van der Waals surface area contributed by atoms with Crippen molar-refractivity contribution in [3.63, 3.8) is 0 Å². The standard InChI is InChI=1S/C18H17N3S/c1-2-6-14(7-3-1)10-17-15-8-4-5-9-16(15)18(22-17)11-21-13-19-12-20-21/h1-9,12-13,17-18H,10-11H2. The van der Waals surface area contributed by atoms with Crippen LogP contribution in [0.1, 0.15) is 27.2 Å². The highest BCUT2D eigenvalue weighted by atomic mass is 32.2. The Morgan fingerprint density at radius 2 is 1.64 bits per heavy atom. The second-order valence-corrected chi connectivity index (χ2v) is 6.96. The average Bonchev–Trinajstić information content (AvgIpc) is 3.18. The molecule has 1 aliphatic rings. The predicted molar refractivity (Wildman–Crippen MR) is 89.7 cm³/mol. The molecular formula is C18H17N3S. The Morgan fingerprint density at radius 1 is 0.909 bits per heavy atom. The Balaban J connectivity index is 1.59. The van der Waals surface area contributed by atoms with Crippen molar-refractivity contribution in [3.8, 4) is 0 Å². The molecule has 2 atom stereocenters. The van der Waals surface area contributed by atoms with Gasteiger partial charge in [-0.3, -0.25) is 4.68 Å². The summed E-state index contributed by atoms with van der Waals surface area (Å²) in [4.78, 5) is 4.05. The molecule has 0 fully saturated rings. The van der Waals surface area contributed by atoms with Gasteiger partial charge < -0.3 is 0 Å². The summed E-state index contributed by atoms with van der Waals surface area (Å²) in [6, 6.07) is 19.6. The van der Waals surface area contributed by atoms with Gasteiger partial charge in [0.2, 0.25) is 0 Å². The number of hydrogen-bond acceptors (Lipinski definition) is 3. The molecule has 2 aromatic carbocycles. The second kappa shape index (κ2) is 5.97. The van der Waals surface area contributed by atoms with Gasteiger partial charge in [-0.2, -0.15) is 5.10 Å². The van der Waals surface area contributed by atoms with E-state index in [1.807, 2.05) is 16.4 Å². The largest absolute Gasteiger partial charge is 0.252 e. The van der Waals surface area contributed by atoms with Gasteiger partial charge in [0.25, 0.3) is 0 Å². The number of rotatable bonds is 4. The van der Waals surface area contributed by atoms with Crippen LogP contribution in [0, 0.1) is 0 Å². The highest BCUT2D eigenvalue weighted by molar-refractivity contribution is 8.00. The lowest BCUT2D eigenvalue weighted by Gasteiger charge is -2.12. The Bertz CT molecular complexity index is 740. The lowest BCUT2D eigenvalue weighted by atomic mass is 9.98. The number of hydrogen-bond donors (Lipinski definition) is 0. The molecule has 0 saturated heterocycles. The Kier molecular flexibility index (Phi) is 3.69. The van der Waals surface area contributed by atoms with Gasteiger partial charge >= 0.3 is 0 Å². The third-order valence-corrected chi connectivity index (χ3v) is 5.58. The van der Waals surface area contributed by atoms with Crippen molar-refractivity contribution in [2.75, 3.05) is 0 Å². The topological polar surface area (TPSA) is 30.7 Å². The minimum Gasteiger partial charge on any atom is -0.252 e. The molecule has 0 N–H and O–H groups in total. The molecule has 1 aromatic heterocycles. The molecule has 0 amide bonds. The van der Waals surface area contributed by atoms with Crippen molar-refractivity contribution in [1.29, 1.82) is 0 Å². The average molecular weight is 307 g/mol. The molecule has 1 aliphatic heterocycles. The molecule has 0 saturated carbocycles. The summed E-state index contributed by atoms with van der Waals surface area (Å²) in [7, 11) is 0. The van der Waals surface area contributed by atoms with Crippen molar-refractivity contribution in [1.82, 2.24) is 14.8 Å². The molecule has 0 radical (unpaired) electrons. The van der Waals surface area contributed by atoms with Crippen LogP contribution in [0.2, 0.25) is 0 Å². The fourth-order valence-electron chi connectivity index (χ4n) is 3.07. The molecule has 3 nitrogen and oxygen atoms in total. The molecule has 3 aromatic rings. The monoisotopic (exact) mass is 307 g/mol. The third-order valence-electron chi connectivity index (χ3n) is 4.10. The number of thioether (sulfide) groups is 1. The first-order chi connectivity index (χ1) is 10.9. The van der Waals surface area contributed by atoms with Crippen LogP contribution in [0.15, 0.2) is 67.3 Å². The zero-order chi connectivity index (χ0) is 14.8. The van der Waals surface area contributed by atoms with Gasteiger partial charge in [-0.1, -0.05) is 54.6 Å². The van der Waals surface area contributed by atoms with Crippen LogP contribution in [0.5, 0.6) is 0 Å². The smallest absolute Gasteiger partial charge is 0.137 e. The third kappa shape index (κ3) is 2.66. The van der Waals surface area contributed by atoms with Crippen LogP contribution >= 0.6 is 11.8 Å². The van der Waals surface area contributed by atoms with E-state index in [0.717, 1.165) is 13.0 Å². The van der Waals surface area contributed by atoms with E-state index in [0.29, 0.717) is 10.5 Å². The van der Waals surface area contributed by atoms with E-state index in [1.54, 1.807) is 12.7 Å². The normalized spacial score (nSPS) is 20.0. The van der Waals surface area contributed by atoms with Crippen molar-refractivity contribution in [2.45, 2.75) is 23.5 Å². The van der Waals surface area contributed by atoms with E-state index >= 15 is 0 Å². The lowest BCUT2D eigenvalue weighted by Crippen LogP contribution is -2.04. The predicted octanol–water partition coefficient (Wildman–Crippen LogP) is 4.05. The van der Waals surface area contributed by atoms with Gasteiger partial charge in [0, 0.05) is 5.25 Å². The maximum Gasteiger partial charge on any atom is 0.137 e. The molecular weight excluding hydrogens is 290 g/mol. The van der Waals surface area contributed by atoms with Gasteiger partial charge in [0.15, 0.2) is 0 Å². The van der Waals surface area contributed by atoms with E-state index in [-0.39, 0.29) is 0 Å². The van der Waals surface area contributed by atoms with E-state index in [4.69, 9.17) is 0 Å². The zero-order valence-corrected chi connectivity index (χ0v) is 13.0. The fraction of sp³-hybridized carbons (Fsp3) is 0.222. The number of fused-ring (bicyclic) bond motifs is 1.